The zero-order valence-electron chi connectivity index (χ0n) is 12.8. The zero-order valence-corrected chi connectivity index (χ0v) is 13.5. The maximum Gasteiger partial charge on any atom is 0.363 e. The Morgan fingerprint density at radius 2 is 1.73 bits per heavy atom. The largest absolute Gasteiger partial charge is 0.402 e. The molecule has 0 aromatic heterocycles. The van der Waals surface area contributed by atoms with E-state index in [1.54, 1.807) is 6.07 Å². The lowest BCUT2D eigenvalue weighted by Gasteiger charge is -2.02. The third-order valence-electron chi connectivity index (χ3n) is 3.40. The molecule has 1 aliphatic heterocycles. The van der Waals surface area contributed by atoms with Crippen molar-refractivity contribution in [2.24, 2.45) is 4.99 Å². The number of nitro groups is 2. The molecule has 0 saturated heterocycles. The highest BCUT2D eigenvalue weighted by Gasteiger charge is 2.26. The Hall–Kier alpha value is -3.59. The predicted octanol–water partition coefficient (Wildman–Crippen LogP) is 3.50. The molecular formula is C16H8ClN3O6. The summed E-state index contributed by atoms with van der Waals surface area (Å²) in [6.45, 7) is 0. The van der Waals surface area contributed by atoms with Gasteiger partial charge in [0.1, 0.15) is 0 Å². The van der Waals surface area contributed by atoms with Crippen molar-refractivity contribution in [2.45, 2.75) is 0 Å². The fourth-order valence-electron chi connectivity index (χ4n) is 2.20. The number of nitro benzene ring substituents is 2. The van der Waals surface area contributed by atoms with Crippen LogP contribution >= 0.6 is 11.6 Å². The predicted molar refractivity (Wildman–Crippen MR) is 91.8 cm³/mol. The van der Waals surface area contributed by atoms with Crippen LogP contribution in [0.5, 0.6) is 0 Å². The fourth-order valence-corrected chi connectivity index (χ4v) is 2.46. The summed E-state index contributed by atoms with van der Waals surface area (Å²) in [6, 6.07) is 9.30. The smallest absolute Gasteiger partial charge is 0.363 e. The van der Waals surface area contributed by atoms with Crippen LogP contribution in [0.3, 0.4) is 0 Å². The van der Waals surface area contributed by atoms with Crippen LogP contribution in [-0.4, -0.2) is 21.7 Å². The first-order valence-corrected chi connectivity index (χ1v) is 7.44. The number of halogens is 1. The van der Waals surface area contributed by atoms with Crippen molar-refractivity contribution < 1.29 is 19.4 Å². The second-order valence-corrected chi connectivity index (χ2v) is 5.52. The second-order valence-electron chi connectivity index (χ2n) is 5.11. The highest BCUT2D eigenvalue weighted by atomic mass is 35.5. The van der Waals surface area contributed by atoms with E-state index in [0.717, 1.165) is 6.07 Å². The van der Waals surface area contributed by atoms with E-state index in [1.807, 2.05) is 0 Å². The van der Waals surface area contributed by atoms with Gasteiger partial charge in [0.05, 0.1) is 20.4 Å². The van der Waals surface area contributed by atoms with Gasteiger partial charge in [-0.25, -0.2) is 9.79 Å². The van der Waals surface area contributed by atoms with Gasteiger partial charge in [0, 0.05) is 24.3 Å². The van der Waals surface area contributed by atoms with Crippen molar-refractivity contribution in [1.82, 2.24) is 0 Å². The molecule has 1 heterocycles. The number of cyclic esters (lactones) is 1. The summed E-state index contributed by atoms with van der Waals surface area (Å²) in [4.78, 5) is 36.4. The van der Waals surface area contributed by atoms with E-state index in [4.69, 9.17) is 16.3 Å². The van der Waals surface area contributed by atoms with Crippen molar-refractivity contribution >= 4 is 40.9 Å². The average molecular weight is 374 g/mol. The SMILES string of the molecule is O=C1OC(c2ccc([N+](=O)[O-])cc2Cl)=N/C1=C\c1cccc([N+](=O)[O-])c1. The molecule has 0 unspecified atom stereocenters. The molecule has 0 bridgehead atoms. The fraction of sp³-hybridized carbons (Fsp3) is 0. The molecule has 130 valence electrons. The van der Waals surface area contributed by atoms with Gasteiger partial charge in [-0.2, -0.15) is 0 Å². The molecule has 3 rings (SSSR count). The third-order valence-corrected chi connectivity index (χ3v) is 3.71. The number of nitrogens with zero attached hydrogens (tertiary/aromatic N) is 3. The number of non-ortho nitro benzene ring substituents is 2. The van der Waals surface area contributed by atoms with Gasteiger partial charge in [-0.3, -0.25) is 20.2 Å². The Bertz CT molecular complexity index is 1010. The highest BCUT2D eigenvalue weighted by molar-refractivity contribution is 6.34. The number of hydrogen-bond acceptors (Lipinski definition) is 7. The number of rotatable bonds is 4. The molecule has 2 aromatic carbocycles. The standard InChI is InChI=1S/C16H8ClN3O6/c17-13-8-11(20(24)25)4-5-12(13)15-18-14(16(21)26-15)7-9-2-1-3-10(6-9)19(22)23/h1-8H/b14-7-. The average Bonchev–Trinajstić information content (AvgIpc) is 2.95. The van der Waals surface area contributed by atoms with Gasteiger partial charge < -0.3 is 4.74 Å². The van der Waals surface area contributed by atoms with E-state index >= 15 is 0 Å². The van der Waals surface area contributed by atoms with Crippen LogP contribution in [0.15, 0.2) is 53.2 Å². The number of hydrogen-bond donors (Lipinski definition) is 0. The number of carbonyl (C=O) groups is 1. The Morgan fingerprint density at radius 3 is 2.38 bits per heavy atom. The quantitative estimate of drug-likeness (QED) is 0.349. The van der Waals surface area contributed by atoms with Crippen molar-refractivity contribution in [1.29, 1.82) is 0 Å². The molecule has 0 aliphatic carbocycles. The van der Waals surface area contributed by atoms with Crippen molar-refractivity contribution in [3.05, 3.63) is 84.5 Å². The van der Waals surface area contributed by atoms with E-state index < -0.39 is 15.8 Å². The van der Waals surface area contributed by atoms with Crippen LogP contribution < -0.4 is 0 Å². The van der Waals surface area contributed by atoms with Crippen LogP contribution in [0.2, 0.25) is 5.02 Å². The van der Waals surface area contributed by atoms with Gasteiger partial charge in [0.15, 0.2) is 5.70 Å². The van der Waals surface area contributed by atoms with E-state index in [-0.39, 0.29) is 33.6 Å². The monoisotopic (exact) mass is 373 g/mol. The van der Waals surface area contributed by atoms with Gasteiger partial charge in [0.25, 0.3) is 11.4 Å². The topological polar surface area (TPSA) is 125 Å². The summed E-state index contributed by atoms with van der Waals surface area (Å²) < 4.78 is 5.05. The minimum atomic E-state index is -0.763. The van der Waals surface area contributed by atoms with Gasteiger partial charge in [-0.15, -0.1) is 0 Å². The molecule has 0 fully saturated rings. The minimum absolute atomic E-state index is 0.00217. The summed E-state index contributed by atoms with van der Waals surface area (Å²) in [7, 11) is 0. The lowest BCUT2D eigenvalue weighted by atomic mass is 10.1. The van der Waals surface area contributed by atoms with Crippen LogP contribution in [0, 0.1) is 20.2 Å². The van der Waals surface area contributed by atoms with Gasteiger partial charge in [0.2, 0.25) is 5.90 Å². The molecule has 0 saturated carbocycles. The van der Waals surface area contributed by atoms with Gasteiger partial charge in [-0.1, -0.05) is 23.7 Å². The summed E-state index contributed by atoms with van der Waals surface area (Å²) in [6.07, 6.45) is 1.33. The van der Waals surface area contributed by atoms with Crippen molar-refractivity contribution in [3.63, 3.8) is 0 Å². The van der Waals surface area contributed by atoms with E-state index in [2.05, 4.69) is 4.99 Å². The molecule has 0 atom stereocenters. The Kier molecular flexibility index (Phi) is 4.46. The maximum absolute atomic E-state index is 12.0. The Balaban J connectivity index is 1.96. The molecule has 0 radical (unpaired) electrons. The molecule has 1 aliphatic rings. The molecule has 2 aromatic rings. The summed E-state index contributed by atoms with van der Waals surface area (Å²) >= 11 is 5.99. The summed E-state index contributed by atoms with van der Waals surface area (Å²) in [5.41, 5.74) is 0.193. The summed E-state index contributed by atoms with van der Waals surface area (Å²) in [5, 5.41) is 21.6. The minimum Gasteiger partial charge on any atom is -0.402 e. The molecule has 9 nitrogen and oxygen atoms in total. The molecule has 26 heavy (non-hydrogen) atoms. The lowest BCUT2D eigenvalue weighted by molar-refractivity contribution is -0.385. The van der Waals surface area contributed by atoms with Crippen LogP contribution in [0.1, 0.15) is 11.1 Å². The van der Waals surface area contributed by atoms with Gasteiger partial charge >= 0.3 is 5.97 Å². The number of aliphatic imine (C=N–C) groups is 1. The van der Waals surface area contributed by atoms with E-state index in [0.29, 0.717) is 5.56 Å². The van der Waals surface area contributed by atoms with Crippen molar-refractivity contribution in [3.8, 4) is 0 Å². The van der Waals surface area contributed by atoms with Crippen molar-refractivity contribution in [2.75, 3.05) is 0 Å². The van der Waals surface area contributed by atoms with Crippen LogP contribution in [0.4, 0.5) is 11.4 Å². The normalized spacial score (nSPS) is 14.9. The first-order valence-electron chi connectivity index (χ1n) is 7.06. The number of carbonyl (C=O) groups excluding carboxylic acids is 1. The number of ether oxygens (including phenoxy) is 1. The van der Waals surface area contributed by atoms with Crippen LogP contribution in [0.25, 0.3) is 6.08 Å². The second kappa shape index (κ2) is 6.73. The molecule has 10 heteroatoms. The zero-order chi connectivity index (χ0) is 18.8. The van der Waals surface area contributed by atoms with E-state index in [1.165, 1.54) is 36.4 Å². The third kappa shape index (κ3) is 3.42. The van der Waals surface area contributed by atoms with Crippen LogP contribution in [-0.2, 0) is 9.53 Å². The first kappa shape index (κ1) is 17.2. The lowest BCUT2D eigenvalue weighted by Crippen LogP contribution is -2.06. The molecular weight excluding hydrogens is 366 g/mol. The molecule has 0 amide bonds. The molecule has 0 spiro atoms. The Labute approximate surface area is 150 Å². The Morgan fingerprint density at radius 1 is 1.04 bits per heavy atom. The number of benzene rings is 2. The van der Waals surface area contributed by atoms with Gasteiger partial charge in [-0.05, 0) is 17.7 Å². The highest BCUT2D eigenvalue weighted by Crippen LogP contribution is 2.27. The maximum atomic E-state index is 12.0. The summed E-state index contributed by atoms with van der Waals surface area (Å²) in [5.74, 6) is -0.868. The number of esters is 1. The van der Waals surface area contributed by atoms with E-state index in [9.17, 15) is 25.0 Å². The first-order chi connectivity index (χ1) is 12.3. The molecule has 0 N–H and O–H groups in total.